The molecule has 1 N–H and O–H groups in total. The maximum Gasteiger partial charge on any atom is 0.314 e. The van der Waals surface area contributed by atoms with E-state index < -0.39 is 5.41 Å². The number of allylic oxidation sites excluding steroid dienone is 4. The van der Waals surface area contributed by atoms with E-state index in [1.165, 1.54) is 25.7 Å². The van der Waals surface area contributed by atoms with Gasteiger partial charge >= 0.3 is 5.97 Å². The Kier molecular flexibility index (Phi) is 4.61. The van der Waals surface area contributed by atoms with E-state index in [-0.39, 0.29) is 24.1 Å². The van der Waals surface area contributed by atoms with Crippen LogP contribution in [0.4, 0.5) is 0 Å². The van der Waals surface area contributed by atoms with Crippen LogP contribution in [0.2, 0.25) is 0 Å². The normalized spacial score (nSPS) is 43.4. The highest BCUT2D eigenvalue weighted by Crippen LogP contribution is 2.64. The number of carbonyl (C=O) groups is 1. The molecule has 27 heavy (non-hydrogen) atoms. The first-order valence-corrected chi connectivity index (χ1v) is 10.9. The number of carbonyl (C=O) groups excluding carboxylic acids is 1. The van der Waals surface area contributed by atoms with Crippen LogP contribution in [-0.4, -0.2) is 23.8 Å². The highest BCUT2D eigenvalue weighted by atomic mass is 16.5. The van der Waals surface area contributed by atoms with Crippen molar-refractivity contribution in [1.82, 2.24) is 0 Å². The van der Waals surface area contributed by atoms with Crippen LogP contribution in [0.15, 0.2) is 23.8 Å². The molecule has 0 unspecified atom stereocenters. The first kappa shape index (κ1) is 19.2. The van der Waals surface area contributed by atoms with Crippen molar-refractivity contribution in [2.45, 2.75) is 78.7 Å². The Morgan fingerprint density at radius 3 is 2.74 bits per heavy atom. The van der Waals surface area contributed by atoms with E-state index in [1.54, 1.807) is 19.4 Å². The van der Waals surface area contributed by atoms with Crippen molar-refractivity contribution < 1.29 is 14.6 Å². The van der Waals surface area contributed by atoms with Crippen LogP contribution in [0.1, 0.15) is 72.6 Å². The predicted octanol–water partition coefficient (Wildman–Crippen LogP) is 5.05. The highest BCUT2D eigenvalue weighted by Gasteiger charge is 2.59. The van der Waals surface area contributed by atoms with Crippen LogP contribution in [0, 0.1) is 34.0 Å². The molecule has 6 atom stereocenters. The molecular weight excluding hydrogens is 336 g/mol. The molecule has 0 bridgehead atoms. The molecule has 4 aliphatic rings. The second-order valence-electron chi connectivity index (χ2n) is 10.7. The van der Waals surface area contributed by atoms with Crippen LogP contribution in [0.25, 0.3) is 0 Å². The van der Waals surface area contributed by atoms with Gasteiger partial charge in [-0.1, -0.05) is 32.1 Å². The minimum absolute atomic E-state index is 0.00808. The second kappa shape index (κ2) is 6.47. The van der Waals surface area contributed by atoms with Gasteiger partial charge in [0.25, 0.3) is 0 Å². The van der Waals surface area contributed by atoms with E-state index in [9.17, 15) is 9.90 Å². The van der Waals surface area contributed by atoms with Crippen LogP contribution in [-0.2, 0) is 9.53 Å². The van der Waals surface area contributed by atoms with Crippen molar-refractivity contribution in [2.24, 2.45) is 34.0 Å². The molecule has 4 aliphatic carbocycles. The zero-order valence-electron chi connectivity index (χ0n) is 17.5. The molecule has 0 amide bonds. The lowest BCUT2D eigenvalue weighted by Gasteiger charge is -2.55. The summed E-state index contributed by atoms with van der Waals surface area (Å²) in [4.78, 5) is 12.6. The molecule has 150 valence electrons. The van der Waals surface area contributed by atoms with Crippen LogP contribution in [0.5, 0.6) is 0 Å². The third-order valence-corrected chi connectivity index (χ3v) is 8.68. The largest absolute Gasteiger partial charge is 0.461 e. The summed E-state index contributed by atoms with van der Waals surface area (Å²) in [7, 11) is 0. The molecule has 0 aromatic rings. The molecule has 0 aliphatic heterocycles. The number of rotatable bonds is 3. The third kappa shape index (κ3) is 2.84. The van der Waals surface area contributed by atoms with Crippen molar-refractivity contribution in [1.29, 1.82) is 0 Å². The SMILES string of the molecule is CC(C)(CO)C(=O)O[C@H]1CC[C@H]2[C@@H]3C=CC4=CCCC[C@]4(C)[C@H]3CC[C@]12C. The van der Waals surface area contributed by atoms with E-state index in [2.05, 4.69) is 32.1 Å². The summed E-state index contributed by atoms with van der Waals surface area (Å²) >= 11 is 0. The summed E-state index contributed by atoms with van der Waals surface area (Å²) < 4.78 is 6.02. The quantitative estimate of drug-likeness (QED) is 0.706. The lowest BCUT2D eigenvalue weighted by Crippen LogP contribution is -2.50. The smallest absolute Gasteiger partial charge is 0.314 e. The number of hydrogen-bond acceptors (Lipinski definition) is 3. The van der Waals surface area contributed by atoms with Gasteiger partial charge in [-0.3, -0.25) is 4.79 Å². The van der Waals surface area contributed by atoms with Gasteiger partial charge in [-0.2, -0.15) is 0 Å². The van der Waals surface area contributed by atoms with E-state index in [4.69, 9.17) is 4.74 Å². The van der Waals surface area contributed by atoms with Gasteiger partial charge in [0.1, 0.15) is 6.10 Å². The van der Waals surface area contributed by atoms with Gasteiger partial charge < -0.3 is 9.84 Å². The molecular formula is C24H36O3. The first-order valence-electron chi connectivity index (χ1n) is 10.9. The van der Waals surface area contributed by atoms with Crippen LogP contribution < -0.4 is 0 Å². The van der Waals surface area contributed by atoms with Crippen LogP contribution in [0.3, 0.4) is 0 Å². The van der Waals surface area contributed by atoms with Crippen molar-refractivity contribution in [3.63, 3.8) is 0 Å². The topological polar surface area (TPSA) is 46.5 Å². The maximum absolute atomic E-state index is 12.6. The second-order valence-corrected chi connectivity index (χ2v) is 10.7. The van der Waals surface area contributed by atoms with E-state index in [1.807, 2.05) is 0 Å². The predicted molar refractivity (Wildman–Crippen MR) is 107 cm³/mol. The Balaban J connectivity index is 1.57. The van der Waals surface area contributed by atoms with E-state index in [0.29, 0.717) is 17.3 Å². The summed E-state index contributed by atoms with van der Waals surface area (Å²) in [6.07, 6.45) is 15.7. The summed E-state index contributed by atoms with van der Waals surface area (Å²) in [6.45, 7) is 8.22. The number of aliphatic hydroxyl groups is 1. The van der Waals surface area contributed by atoms with E-state index in [0.717, 1.165) is 25.2 Å². The molecule has 2 saturated carbocycles. The monoisotopic (exact) mass is 372 g/mol. The Labute approximate surface area is 164 Å². The summed E-state index contributed by atoms with van der Waals surface area (Å²) in [5.74, 6) is 1.69. The fourth-order valence-corrected chi connectivity index (χ4v) is 6.68. The molecule has 0 radical (unpaired) electrons. The van der Waals surface area contributed by atoms with Crippen molar-refractivity contribution in [2.75, 3.05) is 6.61 Å². The number of fused-ring (bicyclic) bond motifs is 5. The lowest BCUT2D eigenvalue weighted by molar-refractivity contribution is -0.170. The van der Waals surface area contributed by atoms with Gasteiger partial charge in [0.2, 0.25) is 0 Å². The molecule has 0 saturated heterocycles. The summed E-state index contributed by atoms with van der Waals surface area (Å²) in [5, 5.41) is 9.51. The molecule has 2 fully saturated rings. The van der Waals surface area contributed by atoms with Crippen molar-refractivity contribution >= 4 is 5.97 Å². The molecule has 0 aromatic heterocycles. The maximum atomic E-state index is 12.6. The summed E-state index contributed by atoms with van der Waals surface area (Å²) in [5.41, 5.74) is 1.17. The van der Waals surface area contributed by atoms with Gasteiger partial charge in [0, 0.05) is 5.41 Å². The zero-order chi connectivity index (χ0) is 19.4. The molecule has 4 rings (SSSR count). The third-order valence-electron chi connectivity index (χ3n) is 8.68. The molecule has 0 spiro atoms. The Morgan fingerprint density at radius 2 is 2.00 bits per heavy atom. The van der Waals surface area contributed by atoms with Crippen molar-refractivity contribution in [3.8, 4) is 0 Å². The van der Waals surface area contributed by atoms with Crippen molar-refractivity contribution in [3.05, 3.63) is 23.8 Å². The Morgan fingerprint density at radius 1 is 1.22 bits per heavy atom. The van der Waals surface area contributed by atoms with Gasteiger partial charge in [-0.05, 0) is 87.5 Å². The molecule has 3 heteroatoms. The standard InChI is InChI=1S/C24H36O3/c1-22(2,15-25)21(26)27-20-11-10-18-17-9-8-16-7-5-6-13-23(16,3)19(17)12-14-24(18,20)4/h7-9,17-20,25H,5-6,10-15H2,1-4H3/t17-,18-,19-,20-,23-,24-/m0/s1. The van der Waals surface area contributed by atoms with Gasteiger partial charge in [-0.15, -0.1) is 0 Å². The first-order chi connectivity index (χ1) is 12.7. The number of aliphatic hydroxyl groups excluding tert-OH is 1. The molecule has 3 nitrogen and oxygen atoms in total. The minimum atomic E-state index is -0.814. The fraction of sp³-hybridized carbons (Fsp3) is 0.792. The summed E-state index contributed by atoms with van der Waals surface area (Å²) in [6, 6.07) is 0. The van der Waals surface area contributed by atoms with Crippen LogP contribution >= 0.6 is 0 Å². The lowest BCUT2D eigenvalue weighted by atomic mass is 9.49. The number of esters is 1. The Bertz CT molecular complexity index is 675. The fourth-order valence-electron chi connectivity index (χ4n) is 6.68. The zero-order valence-corrected chi connectivity index (χ0v) is 17.5. The molecule has 0 heterocycles. The number of hydrogen-bond donors (Lipinski definition) is 1. The van der Waals surface area contributed by atoms with Gasteiger partial charge in [0.05, 0.1) is 12.0 Å². The average Bonchev–Trinajstić information content (AvgIpc) is 2.97. The average molecular weight is 373 g/mol. The van der Waals surface area contributed by atoms with Gasteiger partial charge in [0.15, 0.2) is 0 Å². The highest BCUT2D eigenvalue weighted by molar-refractivity contribution is 5.76. The minimum Gasteiger partial charge on any atom is -0.461 e. The van der Waals surface area contributed by atoms with E-state index >= 15 is 0 Å². The molecule has 0 aromatic carbocycles. The van der Waals surface area contributed by atoms with Gasteiger partial charge in [-0.25, -0.2) is 0 Å². The number of ether oxygens (including phenoxy) is 1. The Hall–Kier alpha value is -1.09.